The summed E-state index contributed by atoms with van der Waals surface area (Å²) in [6.07, 6.45) is 7.84. The van der Waals surface area contributed by atoms with Gasteiger partial charge in [-0.2, -0.15) is 0 Å². The number of ether oxygens (including phenoxy) is 1. The van der Waals surface area contributed by atoms with Gasteiger partial charge in [-0.3, -0.25) is 4.79 Å². The minimum absolute atomic E-state index is 0.0848. The molecule has 2 fully saturated rings. The van der Waals surface area contributed by atoms with Crippen LogP contribution in [0.3, 0.4) is 0 Å². The molecule has 0 radical (unpaired) electrons. The van der Waals surface area contributed by atoms with Crippen molar-refractivity contribution in [3.63, 3.8) is 0 Å². The Morgan fingerprint density at radius 2 is 1.82 bits per heavy atom. The number of benzene rings is 2. The van der Waals surface area contributed by atoms with Crippen LogP contribution in [0, 0.1) is 11.3 Å². The van der Waals surface area contributed by atoms with Crippen LogP contribution in [-0.2, 0) is 29.0 Å². The van der Waals surface area contributed by atoms with Gasteiger partial charge in [0.25, 0.3) is 0 Å². The average Bonchev–Trinajstić information content (AvgIpc) is 3.62. The molecule has 1 heterocycles. The van der Waals surface area contributed by atoms with Gasteiger partial charge in [0.1, 0.15) is 0 Å². The summed E-state index contributed by atoms with van der Waals surface area (Å²) in [5.74, 6) is -0.0624. The van der Waals surface area contributed by atoms with Gasteiger partial charge in [0.2, 0.25) is 5.91 Å². The molecule has 2 aromatic rings. The number of carbonyl (C=O) groups is 3. The standard InChI is InChI=1S/C32H41N3O4/c1-31(2,3)34-30(38)35-16-13-25-24(21-9-8-10-22(17-21)29(37)39-4)12-11-23(26(25)20-35)19-33-28(36)27-18-32(27)14-6-5-7-15-32/h8-12,17,27H,5-7,13-16,18-20H2,1-4H3,(H,33,36)(H,34,38). The molecule has 7 heteroatoms. The quantitative estimate of drug-likeness (QED) is 0.492. The molecule has 1 atom stereocenters. The van der Waals surface area contributed by atoms with E-state index in [0.717, 1.165) is 28.7 Å². The van der Waals surface area contributed by atoms with Crippen molar-refractivity contribution in [2.45, 2.75) is 84.3 Å². The maximum absolute atomic E-state index is 13.1. The lowest BCUT2D eigenvalue weighted by atomic mass is 9.84. The Morgan fingerprint density at radius 1 is 1.05 bits per heavy atom. The summed E-state index contributed by atoms with van der Waals surface area (Å²) < 4.78 is 4.93. The zero-order chi connectivity index (χ0) is 27.8. The second-order valence-corrected chi connectivity index (χ2v) is 12.6. The van der Waals surface area contributed by atoms with Gasteiger partial charge in [-0.25, -0.2) is 9.59 Å². The van der Waals surface area contributed by atoms with Crippen LogP contribution in [0.2, 0.25) is 0 Å². The first-order valence-electron chi connectivity index (χ1n) is 14.3. The molecule has 39 heavy (non-hydrogen) atoms. The molecule has 2 aliphatic carbocycles. The first-order valence-corrected chi connectivity index (χ1v) is 14.3. The van der Waals surface area contributed by atoms with Gasteiger partial charge in [0.05, 0.1) is 12.7 Å². The van der Waals surface area contributed by atoms with E-state index < -0.39 is 0 Å². The SMILES string of the molecule is COC(=O)c1cccc(-c2ccc(CNC(=O)C3CC34CCCCC4)c3c2CCN(C(=O)NC(C)(C)C)C3)c1. The zero-order valence-electron chi connectivity index (χ0n) is 23.7. The average molecular weight is 532 g/mol. The molecule has 2 N–H and O–H groups in total. The maximum atomic E-state index is 13.1. The van der Waals surface area contributed by atoms with Crippen LogP contribution in [0.25, 0.3) is 11.1 Å². The Balaban J connectivity index is 1.41. The summed E-state index contributed by atoms with van der Waals surface area (Å²) in [5, 5.41) is 6.32. The van der Waals surface area contributed by atoms with Gasteiger partial charge < -0.3 is 20.3 Å². The number of nitrogens with zero attached hydrogens (tertiary/aromatic N) is 1. The van der Waals surface area contributed by atoms with Crippen LogP contribution in [-0.4, -0.2) is 42.0 Å². The first-order chi connectivity index (χ1) is 18.6. The maximum Gasteiger partial charge on any atom is 0.337 e. The van der Waals surface area contributed by atoms with Crippen molar-refractivity contribution in [1.82, 2.24) is 15.5 Å². The van der Waals surface area contributed by atoms with E-state index in [9.17, 15) is 14.4 Å². The topological polar surface area (TPSA) is 87.7 Å². The largest absolute Gasteiger partial charge is 0.465 e. The number of rotatable bonds is 5. The summed E-state index contributed by atoms with van der Waals surface area (Å²) in [6.45, 7) is 7.46. The molecule has 2 saturated carbocycles. The Kier molecular flexibility index (Phi) is 7.45. The highest BCUT2D eigenvalue weighted by molar-refractivity contribution is 5.91. The summed E-state index contributed by atoms with van der Waals surface area (Å²) in [7, 11) is 1.38. The van der Waals surface area contributed by atoms with Crippen LogP contribution in [0.15, 0.2) is 36.4 Å². The van der Waals surface area contributed by atoms with E-state index in [-0.39, 0.29) is 34.8 Å². The number of urea groups is 1. The minimum atomic E-state index is -0.370. The molecule has 1 aliphatic heterocycles. The molecule has 0 saturated heterocycles. The summed E-state index contributed by atoms with van der Waals surface area (Å²) in [4.78, 5) is 40.2. The molecular formula is C32H41N3O4. The summed E-state index contributed by atoms with van der Waals surface area (Å²) >= 11 is 0. The highest BCUT2D eigenvalue weighted by Gasteiger charge is 2.57. The number of methoxy groups -OCH3 is 1. The number of carbonyl (C=O) groups excluding carboxylic acids is 3. The Morgan fingerprint density at radius 3 is 2.54 bits per heavy atom. The number of hydrogen-bond donors (Lipinski definition) is 2. The fourth-order valence-corrected chi connectivity index (χ4v) is 6.51. The van der Waals surface area contributed by atoms with E-state index in [1.165, 1.54) is 44.8 Å². The van der Waals surface area contributed by atoms with Gasteiger partial charge in [-0.15, -0.1) is 0 Å². The molecule has 208 valence electrons. The number of fused-ring (bicyclic) bond motifs is 1. The van der Waals surface area contributed by atoms with Gasteiger partial charge in [0, 0.05) is 31.1 Å². The minimum Gasteiger partial charge on any atom is -0.465 e. The second-order valence-electron chi connectivity index (χ2n) is 12.6. The lowest BCUT2D eigenvalue weighted by molar-refractivity contribution is -0.123. The molecule has 1 spiro atoms. The van der Waals surface area contributed by atoms with E-state index in [1.54, 1.807) is 6.07 Å². The molecule has 5 rings (SSSR count). The number of nitrogens with one attached hydrogen (secondary N) is 2. The van der Waals surface area contributed by atoms with Crippen molar-refractivity contribution in [3.8, 4) is 11.1 Å². The molecule has 1 unspecified atom stereocenters. The lowest BCUT2D eigenvalue weighted by Crippen LogP contribution is -2.50. The molecule has 7 nitrogen and oxygen atoms in total. The fraction of sp³-hybridized carbons (Fsp3) is 0.531. The van der Waals surface area contributed by atoms with E-state index in [1.807, 2.05) is 43.9 Å². The van der Waals surface area contributed by atoms with Gasteiger partial charge in [-0.05, 0) is 91.8 Å². The molecule has 3 amide bonds. The van der Waals surface area contributed by atoms with Crippen molar-refractivity contribution in [3.05, 3.63) is 58.7 Å². The Bertz CT molecular complexity index is 1270. The van der Waals surface area contributed by atoms with Crippen molar-refractivity contribution in [2.24, 2.45) is 11.3 Å². The van der Waals surface area contributed by atoms with E-state index in [2.05, 4.69) is 22.8 Å². The third kappa shape index (κ3) is 5.82. The Hall–Kier alpha value is -3.35. The van der Waals surface area contributed by atoms with Crippen molar-refractivity contribution in [2.75, 3.05) is 13.7 Å². The number of amides is 3. The van der Waals surface area contributed by atoms with Crippen LogP contribution >= 0.6 is 0 Å². The molecule has 2 aromatic carbocycles. The molecular weight excluding hydrogens is 490 g/mol. The predicted octanol–water partition coefficient (Wildman–Crippen LogP) is 5.59. The van der Waals surface area contributed by atoms with E-state index in [0.29, 0.717) is 31.6 Å². The van der Waals surface area contributed by atoms with Crippen LogP contribution in [0.4, 0.5) is 4.79 Å². The molecule has 0 aromatic heterocycles. The van der Waals surface area contributed by atoms with Crippen LogP contribution in [0.5, 0.6) is 0 Å². The molecule has 3 aliphatic rings. The normalized spacial score (nSPS) is 19.7. The third-order valence-corrected chi connectivity index (χ3v) is 8.68. The van der Waals surface area contributed by atoms with Crippen LogP contribution < -0.4 is 10.6 Å². The lowest BCUT2D eigenvalue weighted by Gasteiger charge is -2.34. The highest BCUT2D eigenvalue weighted by atomic mass is 16.5. The third-order valence-electron chi connectivity index (χ3n) is 8.68. The van der Waals surface area contributed by atoms with Gasteiger partial charge in [-0.1, -0.05) is 43.5 Å². The number of esters is 1. The second kappa shape index (κ2) is 10.7. The summed E-state index contributed by atoms with van der Waals surface area (Å²) in [6, 6.07) is 11.5. The molecule has 0 bridgehead atoms. The van der Waals surface area contributed by atoms with Crippen molar-refractivity contribution >= 4 is 17.9 Å². The highest BCUT2D eigenvalue weighted by Crippen LogP contribution is 2.61. The fourth-order valence-electron chi connectivity index (χ4n) is 6.51. The number of hydrogen-bond acceptors (Lipinski definition) is 4. The van der Waals surface area contributed by atoms with Crippen molar-refractivity contribution < 1.29 is 19.1 Å². The van der Waals surface area contributed by atoms with Gasteiger partial charge >= 0.3 is 12.0 Å². The van der Waals surface area contributed by atoms with E-state index in [4.69, 9.17) is 4.74 Å². The summed E-state index contributed by atoms with van der Waals surface area (Å²) in [5.41, 5.74) is 5.69. The zero-order valence-corrected chi connectivity index (χ0v) is 23.7. The van der Waals surface area contributed by atoms with E-state index >= 15 is 0 Å². The van der Waals surface area contributed by atoms with Gasteiger partial charge in [0.15, 0.2) is 0 Å². The smallest absolute Gasteiger partial charge is 0.337 e. The van der Waals surface area contributed by atoms with Crippen LogP contribution in [0.1, 0.15) is 86.3 Å². The van der Waals surface area contributed by atoms with Crippen molar-refractivity contribution in [1.29, 1.82) is 0 Å². The predicted molar refractivity (Wildman–Crippen MR) is 151 cm³/mol. The first kappa shape index (κ1) is 27.2. The Labute approximate surface area is 231 Å². The monoisotopic (exact) mass is 531 g/mol.